The highest BCUT2D eigenvalue weighted by atomic mass is 32.1. The van der Waals surface area contributed by atoms with Crippen molar-refractivity contribution in [2.75, 3.05) is 13.7 Å². The van der Waals surface area contributed by atoms with Gasteiger partial charge in [0.2, 0.25) is 5.91 Å². The van der Waals surface area contributed by atoms with Gasteiger partial charge in [0, 0.05) is 23.3 Å². The number of amides is 1. The van der Waals surface area contributed by atoms with Gasteiger partial charge in [-0.3, -0.25) is 4.79 Å². The monoisotopic (exact) mass is 453 g/mol. The summed E-state index contributed by atoms with van der Waals surface area (Å²) in [5.41, 5.74) is 1.76. The molecule has 10 heteroatoms. The fraction of sp³-hybridized carbons (Fsp3) is 0.429. The van der Waals surface area contributed by atoms with Crippen LogP contribution < -0.4 is 14.8 Å². The van der Waals surface area contributed by atoms with Gasteiger partial charge in [0.05, 0.1) is 24.2 Å². The fourth-order valence-corrected chi connectivity index (χ4v) is 4.38. The van der Waals surface area contributed by atoms with Crippen LogP contribution in [0.2, 0.25) is 0 Å². The number of thiophene rings is 1. The Hall–Kier alpha value is -2.75. The molecule has 31 heavy (non-hydrogen) atoms. The van der Waals surface area contributed by atoms with Crippen LogP contribution in [0.15, 0.2) is 30.3 Å². The van der Waals surface area contributed by atoms with Gasteiger partial charge >= 0.3 is 6.18 Å². The lowest BCUT2D eigenvalue weighted by Gasteiger charge is -2.12. The summed E-state index contributed by atoms with van der Waals surface area (Å²) in [7, 11) is 1.61. The van der Waals surface area contributed by atoms with Crippen LogP contribution in [0.5, 0.6) is 10.8 Å². The number of carbonyl (C=O) groups is 1. The lowest BCUT2D eigenvalue weighted by molar-refractivity contribution is -0.152. The average molecular weight is 453 g/mol. The van der Waals surface area contributed by atoms with E-state index in [4.69, 9.17) is 9.47 Å². The first kappa shape index (κ1) is 21.5. The van der Waals surface area contributed by atoms with Crippen molar-refractivity contribution in [2.24, 2.45) is 5.92 Å². The van der Waals surface area contributed by atoms with Gasteiger partial charge in [-0.25, -0.2) is 4.98 Å². The van der Waals surface area contributed by atoms with E-state index in [0.717, 1.165) is 45.2 Å². The van der Waals surface area contributed by atoms with Crippen LogP contribution in [-0.2, 0) is 4.79 Å². The van der Waals surface area contributed by atoms with E-state index in [0.29, 0.717) is 6.42 Å². The van der Waals surface area contributed by atoms with Crippen LogP contribution in [0, 0.1) is 5.92 Å². The molecule has 1 saturated carbocycles. The predicted octanol–water partition coefficient (Wildman–Crippen LogP) is 4.95. The number of methoxy groups -OCH3 is 1. The van der Waals surface area contributed by atoms with E-state index in [-0.39, 0.29) is 28.8 Å². The Kier molecular flexibility index (Phi) is 5.83. The number of imidazole rings is 1. The Balaban J connectivity index is 1.28. The van der Waals surface area contributed by atoms with Gasteiger partial charge in [0.15, 0.2) is 11.7 Å². The van der Waals surface area contributed by atoms with Crippen molar-refractivity contribution in [3.05, 3.63) is 41.0 Å². The second-order valence-corrected chi connectivity index (χ2v) is 8.74. The lowest BCUT2D eigenvalue weighted by Crippen LogP contribution is -2.26. The van der Waals surface area contributed by atoms with Crippen molar-refractivity contribution in [1.82, 2.24) is 15.3 Å². The summed E-state index contributed by atoms with van der Waals surface area (Å²) < 4.78 is 46.8. The maximum Gasteiger partial charge on any atom is 0.422 e. The molecule has 3 atom stereocenters. The van der Waals surface area contributed by atoms with Gasteiger partial charge in [0.1, 0.15) is 11.6 Å². The molecule has 2 aromatic heterocycles. The van der Waals surface area contributed by atoms with Crippen LogP contribution in [0.3, 0.4) is 0 Å². The second-order valence-electron chi connectivity index (χ2n) is 7.66. The Morgan fingerprint density at radius 2 is 2.16 bits per heavy atom. The summed E-state index contributed by atoms with van der Waals surface area (Å²) in [5, 5.41) is 3.09. The first-order chi connectivity index (χ1) is 14.7. The second kappa shape index (κ2) is 8.41. The zero-order valence-corrected chi connectivity index (χ0v) is 17.8. The molecule has 1 aliphatic rings. The number of benzene rings is 1. The van der Waals surface area contributed by atoms with E-state index in [2.05, 4.69) is 15.3 Å². The molecule has 0 unspecified atom stereocenters. The van der Waals surface area contributed by atoms with E-state index in [1.807, 2.05) is 18.2 Å². The quantitative estimate of drug-likeness (QED) is 0.506. The van der Waals surface area contributed by atoms with Crippen LogP contribution in [0.25, 0.3) is 11.0 Å². The van der Waals surface area contributed by atoms with E-state index >= 15 is 0 Å². The molecule has 166 valence electrons. The number of hydrogen-bond donors (Lipinski definition) is 2. The predicted molar refractivity (Wildman–Crippen MR) is 111 cm³/mol. The smallest absolute Gasteiger partial charge is 0.422 e. The molecule has 1 aliphatic carbocycles. The Bertz CT molecular complexity index is 1080. The third-order valence-corrected chi connectivity index (χ3v) is 6.39. The number of nitrogens with one attached hydrogen (secondary N) is 2. The summed E-state index contributed by atoms with van der Waals surface area (Å²) in [6.45, 7) is 0.472. The van der Waals surface area contributed by atoms with Crippen molar-refractivity contribution in [1.29, 1.82) is 0 Å². The topological polar surface area (TPSA) is 76.2 Å². The van der Waals surface area contributed by atoms with Crippen LogP contribution >= 0.6 is 11.3 Å². The Labute approximate surface area is 180 Å². The summed E-state index contributed by atoms with van der Waals surface area (Å²) >= 11 is 1.10. The molecule has 3 aromatic rings. The average Bonchev–Trinajstić information content (AvgIpc) is 3.14. The normalized spacial score (nSPS) is 19.3. The molecule has 0 spiro atoms. The molecule has 6 nitrogen and oxygen atoms in total. The molecule has 1 amide bonds. The molecule has 0 radical (unpaired) electrons. The van der Waals surface area contributed by atoms with Gasteiger partial charge in [0.25, 0.3) is 0 Å². The maximum atomic E-state index is 12.4. The van der Waals surface area contributed by atoms with Gasteiger partial charge in [-0.2, -0.15) is 13.2 Å². The van der Waals surface area contributed by atoms with Crippen LogP contribution in [-0.4, -0.2) is 35.8 Å². The Morgan fingerprint density at radius 1 is 1.35 bits per heavy atom. The summed E-state index contributed by atoms with van der Waals surface area (Å²) in [6, 6.07) is 8.50. The first-order valence-electron chi connectivity index (χ1n) is 9.84. The highest BCUT2D eigenvalue weighted by Crippen LogP contribution is 2.49. The number of aromatic amines is 1. The zero-order valence-electron chi connectivity index (χ0n) is 17.0. The van der Waals surface area contributed by atoms with Gasteiger partial charge in [-0.15, -0.1) is 11.3 Å². The van der Waals surface area contributed by atoms with E-state index in [1.54, 1.807) is 20.1 Å². The third kappa shape index (κ3) is 5.30. The molecule has 2 N–H and O–H groups in total. The minimum Gasteiger partial charge on any atom is -0.497 e. The number of halogens is 3. The zero-order chi connectivity index (χ0) is 22.2. The molecular formula is C21H22F3N3O3S. The standard InChI is InChI=1S/C21H22F3N3O3S/c1-11(17-5-6-19(31-17)30-10-21(22,23)24)25-18(28)8-12-7-14(12)20-26-15-4-3-13(29-2)9-16(15)27-20/h3-6,9,11-12,14H,7-8,10H2,1-2H3,(H,25,28)(H,26,27)/t11-,12+,14+/m1/s1. The number of H-pyrrole nitrogens is 1. The molecule has 2 heterocycles. The molecule has 0 saturated heterocycles. The minimum absolute atomic E-state index is 0.0936. The van der Waals surface area contributed by atoms with Crippen LogP contribution in [0.1, 0.15) is 42.4 Å². The number of ether oxygens (including phenoxy) is 2. The number of aromatic nitrogens is 2. The summed E-state index contributed by atoms with van der Waals surface area (Å²) in [6.07, 6.45) is -3.12. The molecular weight excluding hydrogens is 431 g/mol. The van der Waals surface area contributed by atoms with Gasteiger partial charge in [-0.05, 0) is 43.5 Å². The molecule has 0 aliphatic heterocycles. The van der Waals surface area contributed by atoms with Crippen molar-refractivity contribution < 1.29 is 27.4 Å². The number of alkyl halides is 3. The number of fused-ring (bicyclic) bond motifs is 1. The summed E-state index contributed by atoms with van der Waals surface area (Å²) in [5.74, 6) is 1.96. The lowest BCUT2D eigenvalue weighted by atomic mass is 10.2. The van der Waals surface area contributed by atoms with Gasteiger partial charge < -0.3 is 19.8 Å². The molecule has 1 fully saturated rings. The number of nitrogens with zero attached hydrogens (tertiary/aromatic N) is 1. The SMILES string of the molecule is COc1ccc2nc([C@H]3C[C@H]3CC(=O)N[C@H](C)c3ccc(OCC(F)(F)F)s3)[nH]c2c1. The van der Waals surface area contributed by atoms with E-state index in [9.17, 15) is 18.0 Å². The van der Waals surface area contributed by atoms with Crippen molar-refractivity contribution in [3.63, 3.8) is 0 Å². The number of hydrogen-bond acceptors (Lipinski definition) is 5. The molecule has 1 aromatic carbocycles. The van der Waals surface area contributed by atoms with Crippen molar-refractivity contribution in [2.45, 2.75) is 37.9 Å². The van der Waals surface area contributed by atoms with Gasteiger partial charge in [-0.1, -0.05) is 0 Å². The number of rotatable bonds is 8. The fourth-order valence-electron chi connectivity index (χ4n) is 3.53. The van der Waals surface area contributed by atoms with E-state index in [1.165, 1.54) is 6.07 Å². The summed E-state index contributed by atoms with van der Waals surface area (Å²) in [4.78, 5) is 21.1. The Morgan fingerprint density at radius 3 is 2.90 bits per heavy atom. The highest BCUT2D eigenvalue weighted by Gasteiger charge is 2.42. The minimum atomic E-state index is -4.38. The maximum absolute atomic E-state index is 12.4. The third-order valence-electron chi connectivity index (χ3n) is 5.21. The first-order valence-corrected chi connectivity index (χ1v) is 10.7. The largest absolute Gasteiger partial charge is 0.497 e. The molecule has 0 bridgehead atoms. The van der Waals surface area contributed by atoms with Crippen molar-refractivity contribution >= 4 is 28.3 Å². The molecule has 4 rings (SSSR count). The van der Waals surface area contributed by atoms with E-state index < -0.39 is 12.8 Å². The highest BCUT2D eigenvalue weighted by molar-refractivity contribution is 7.13. The van der Waals surface area contributed by atoms with Crippen LogP contribution in [0.4, 0.5) is 13.2 Å². The van der Waals surface area contributed by atoms with Crippen molar-refractivity contribution in [3.8, 4) is 10.8 Å². The number of carbonyl (C=O) groups excluding carboxylic acids is 1.